The highest BCUT2D eigenvalue weighted by molar-refractivity contribution is 5.79. The third kappa shape index (κ3) is 4.72. The minimum Gasteiger partial charge on any atom is -0.349 e. The van der Waals surface area contributed by atoms with Crippen molar-refractivity contribution in [2.75, 3.05) is 13.1 Å². The van der Waals surface area contributed by atoms with Crippen molar-refractivity contribution in [3.8, 4) is 0 Å². The van der Waals surface area contributed by atoms with Crippen molar-refractivity contribution in [1.29, 1.82) is 0 Å². The van der Waals surface area contributed by atoms with Crippen LogP contribution in [0.25, 0.3) is 0 Å². The van der Waals surface area contributed by atoms with Gasteiger partial charge >= 0.3 is 0 Å². The summed E-state index contributed by atoms with van der Waals surface area (Å²) >= 11 is 0. The van der Waals surface area contributed by atoms with Crippen molar-refractivity contribution in [2.24, 2.45) is 5.73 Å². The highest BCUT2D eigenvalue weighted by Gasteiger charge is 2.26. The highest BCUT2D eigenvalue weighted by Crippen LogP contribution is 2.23. The van der Waals surface area contributed by atoms with Gasteiger partial charge in [-0.25, -0.2) is 8.78 Å². The molecular formula is C16H21F2N3O2. The average Bonchev–Trinajstić information content (AvgIpc) is 2.46. The molecule has 1 heterocycles. The largest absolute Gasteiger partial charge is 0.349 e. The van der Waals surface area contributed by atoms with Crippen LogP contribution in [-0.2, 0) is 9.59 Å². The number of benzene rings is 1. The summed E-state index contributed by atoms with van der Waals surface area (Å²) < 4.78 is 27.0. The summed E-state index contributed by atoms with van der Waals surface area (Å²) in [5, 5.41) is 2.56. The SMILES string of the molecule is CC(=O)N[C@@H](CC(=O)N1CCC[C@H](N)C1)c1ccc(F)cc1F. The molecule has 2 amide bonds. The van der Waals surface area contributed by atoms with E-state index in [1.54, 1.807) is 4.90 Å². The second-order valence-corrected chi connectivity index (χ2v) is 5.87. The zero-order valence-electron chi connectivity index (χ0n) is 13.0. The monoisotopic (exact) mass is 325 g/mol. The second kappa shape index (κ2) is 7.50. The van der Waals surface area contributed by atoms with E-state index in [0.29, 0.717) is 13.1 Å². The number of amides is 2. The lowest BCUT2D eigenvalue weighted by Gasteiger charge is -2.32. The topological polar surface area (TPSA) is 75.4 Å². The second-order valence-electron chi connectivity index (χ2n) is 5.87. The first kappa shape index (κ1) is 17.3. The fraction of sp³-hybridized carbons (Fsp3) is 0.500. The molecule has 2 rings (SSSR count). The van der Waals surface area contributed by atoms with Gasteiger partial charge in [-0.2, -0.15) is 0 Å². The fourth-order valence-corrected chi connectivity index (χ4v) is 2.81. The molecule has 0 bridgehead atoms. The lowest BCUT2D eigenvalue weighted by Crippen LogP contribution is -2.46. The predicted octanol–water partition coefficient (Wildman–Crippen LogP) is 1.48. The van der Waals surface area contributed by atoms with Gasteiger partial charge in [0.05, 0.1) is 12.5 Å². The Labute approximate surface area is 133 Å². The molecule has 2 atom stereocenters. The quantitative estimate of drug-likeness (QED) is 0.880. The van der Waals surface area contributed by atoms with Gasteiger partial charge in [0, 0.05) is 37.7 Å². The van der Waals surface area contributed by atoms with Gasteiger partial charge in [0.2, 0.25) is 11.8 Å². The normalized spacial score (nSPS) is 19.3. The molecule has 0 saturated carbocycles. The van der Waals surface area contributed by atoms with E-state index in [4.69, 9.17) is 5.73 Å². The lowest BCUT2D eigenvalue weighted by atomic mass is 10.0. The van der Waals surface area contributed by atoms with Crippen molar-refractivity contribution in [1.82, 2.24) is 10.2 Å². The Morgan fingerprint density at radius 2 is 2.17 bits per heavy atom. The molecule has 0 radical (unpaired) electrons. The van der Waals surface area contributed by atoms with E-state index in [-0.39, 0.29) is 29.8 Å². The number of piperidine rings is 1. The molecule has 0 aromatic heterocycles. The Balaban J connectivity index is 2.15. The maximum atomic E-state index is 14.0. The zero-order valence-corrected chi connectivity index (χ0v) is 13.0. The number of hydrogen-bond donors (Lipinski definition) is 2. The van der Waals surface area contributed by atoms with Gasteiger partial charge in [-0.05, 0) is 18.9 Å². The number of nitrogens with zero attached hydrogens (tertiary/aromatic N) is 1. The number of nitrogens with one attached hydrogen (secondary N) is 1. The van der Waals surface area contributed by atoms with Crippen LogP contribution in [0.3, 0.4) is 0 Å². The molecule has 1 fully saturated rings. The number of likely N-dealkylation sites (tertiary alicyclic amines) is 1. The molecule has 1 aromatic carbocycles. The van der Waals surface area contributed by atoms with E-state index in [1.807, 2.05) is 0 Å². The van der Waals surface area contributed by atoms with Crippen molar-refractivity contribution >= 4 is 11.8 Å². The fourth-order valence-electron chi connectivity index (χ4n) is 2.81. The minimum atomic E-state index is -0.834. The van der Waals surface area contributed by atoms with Gasteiger partial charge in [0.1, 0.15) is 11.6 Å². The van der Waals surface area contributed by atoms with Crippen molar-refractivity contribution in [3.05, 3.63) is 35.4 Å². The maximum Gasteiger partial charge on any atom is 0.225 e. The van der Waals surface area contributed by atoms with Crippen LogP contribution >= 0.6 is 0 Å². The standard InChI is InChI=1S/C16H21F2N3O2/c1-10(22)20-15(13-5-4-11(17)7-14(13)18)8-16(23)21-6-2-3-12(19)9-21/h4-5,7,12,15H,2-3,6,8-9,19H2,1H3,(H,20,22)/t12-,15-/m0/s1. The Morgan fingerprint density at radius 3 is 2.78 bits per heavy atom. The average molecular weight is 325 g/mol. The molecule has 23 heavy (non-hydrogen) atoms. The number of hydrogen-bond acceptors (Lipinski definition) is 3. The number of halogens is 2. The molecule has 7 heteroatoms. The van der Waals surface area contributed by atoms with E-state index in [0.717, 1.165) is 25.0 Å². The van der Waals surface area contributed by atoms with Crippen LogP contribution in [0.5, 0.6) is 0 Å². The smallest absolute Gasteiger partial charge is 0.225 e. The summed E-state index contributed by atoms with van der Waals surface area (Å²) in [6, 6.07) is 2.20. The first-order valence-electron chi connectivity index (χ1n) is 7.62. The van der Waals surface area contributed by atoms with Crippen LogP contribution in [0.1, 0.15) is 37.8 Å². The number of carbonyl (C=O) groups excluding carboxylic acids is 2. The van der Waals surface area contributed by atoms with Crippen molar-refractivity contribution in [3.63, 3.8) is 0 Å². The molecule has 1 aliphatic heterocycles. The molecule has 0 spiro atoms. The van der Waals surface area contributed by atoms with Gasteiger partial charge in [-0.3, -0.25) is 9.59 Å². The number of rotatable bonds is 4. The van der Waals surface area contributed by atoms with Gasteiger partial charge in [0.25, 0.3) is 0 Å². The first-order chi connectivity index (χ1) is 10.9. The van der Waals surface area contributed by atoms with Crippen LogP contribution in [0.4, 0.5) is 8.78 Å². The Kier molecular flexibility index (Phi) is 5.65. The third-order valence-electron chi connectivity index (χ3n) is 3.90. The maximum absolute atomic E-state index is 14.0. The molecule has 0 aliphatic carbocycles. The molecule has 126 valence electrons. The number of nitrogens with two attached hydrogens (primary N) is 1. The Morgan fingerprint density at radius 1 is 1.43 bits per heavy atom. The van der Waals surface area contributed by atoms with Gasteiger partial charge in [-0.1, -0.05) is 6.07 Å². The van der Waals surface area contributed by atoms with Crippen molar-refractivity contribution in [2.45, 2.75) is 38.3 Å². The Bertz CT molecular complexity index is 595. The van der Waals surface area contributed by atoms with Crippen LogP contribution in [0.15, 0.2) is 18.2 Å². The van der Waals surface area contributed by atoms with Crippen LogP contribution in [0.2, 0.25) is 0 Å². The predicted molar refractivity (Wildman–Crippen MR) is 81.3 cm³/mol. The summed E-state index contributed by atoms with van der Waals surface area (Å²) in [4.78, 5) is 25.4. The lowest BCUT2D eigenvalue weighted by molar-refractivity contribution is -0.133. The van der Waals surface area contributed by atoms with Crippen LogP contribution in [-0.4, -0.2) is 35.8 Å². The van der Waals surface area contributed by atoms with E-state index < -0.39 is 17.7 Å². The van der Waals surface area contributed by atoms with E-state index >= 15 is 0 Å². The van der Waals surface area contributed by atoms with E-state index in [9.17, 15) is 18.4 Å². The zero-order chi connectivity index (χ0) is 17.0. The van der Waals surface area contributed by atoms with Gasteiger partial charge < -0.3 is 16.0 Å². The van der Waals surface area contributed by atoms with Crippen molar-refractivity contribution < 1.29 is 18.4 Å². The minimum absolute atomic E-state index is 0.0607. The molecule has 1 aliphatic rings. The summed E-state index contributed by atoms with van der Waals surface area (Å²) in [6.45, 7) is 2.35. The number of carbonyl (C=O) groups is 2. The van der Waals surface area contributed by atoms with E-state index in [1.165, 1.54) is 13.0 Å². The third-order valence-corrected chi connectivity index (χ3v) is 3.90. The molecule has 1 saturated heterocycles. The van der Waals surface area contributed by atoms with E-state index in [2.05, 4.69) is 5.32 Å². The molecular weight excluding hydrogens is 304 g/mol. The van der Waals surface area contributed by atoms with Crippen LogP contribution < -0.4 is 11.1 Å². The molecule has 5 nitrogen and oxygen atoms in total. The summed E-state index contributed by atoms with van der Waals surface area (Å²) in [5.41, 5.74) is 5.95. The van der Waals surface area contributed by atoms with Gasteiger partial charge in [0.15, 0.2) is 0 Å². The molecule has 1 aromatic rings. The summed E-state index contributed by atoms with van der Waals surface area (Å²) in [7, 11) is 0. The summed E-state index contributed by atoms with van der Waals surface area (Å²) in [6.07, 6.45) is 1.60. The highest BCUT2D eigenvalue weighted by atomic mass is 19.1. The molecule has 0 unspecified atom stereocenters. The molecule has 3 N–H and O–H groups in total. The first-order valence-corrected chi connectivity index (χ1v) is 7.62. The van der Waals surface area contributed by atoms with Gasteiger partial charge in [-0.15, -0.1) is 0 Å². The van der Waals surface area contributed by atoms with Crippen LogP contribution in [0, 0.1) is 11.6 Å². The summed E-state index contributed by atoms with van der Waals surface area (Å²) in [5.74, 6) is -2.09. The Hall–Kier alpha value is -2.02.